The molecule has 0 aromatic carbocycles. The van der Waals surface area contributed by atoms with Crippen LogP contribution < -0.4 is 5.32 Å². The average Bonchev–Trinajstić information content (AvgIpc) is 2.05. The highest BCUT2D eigenvalue weighted by atomic mass is 32.2. The van der Waals surface area contributed by atoms with Crippen molar-refractivity contribution in [1.82, 2.24) is 5.32 Å². The topological polar surface area (TPSA) is 29.1 Å². The molecule has 12 heavy (non-hydrogen) atoms. The molecular formula is C9H21NOS. The van der Waals surface area contributed by atoms with E-state index in [0.717, 1.165) is 19.4 Å². The van der Waals surface area contributed by atoms with Gasteiger partial charge in [-0.15, -0.1) is 0 Å². The molecule has 3 atom stereocenters. The zero-order valence-corrected chi connectivity index (χ0v) is 9.41. The van der Waals surface area contributed by atoms with Gasteiger partial charge in [0.2, 0.25) is 0 Å². The first-order valence-corrected chi connectivity index (χ1v) is 6.31. The number of hydrogen-bond acceptors (Lipinski definition) is 2. The summed E-state index contributed by atoms with van der Waals surface area (Å²) >= 11 is 0. The van der Waals surface area contributed by atoms with Gasteiger partial charge in [-0.25, -0.2) is 0 Å². The van der Waals surface area contributed by atoms with Crippen LogP contribution in [0.1, 0.15) is 33.6 Å². The van der Waals surface area contributed by atoms with E-state index < -0.39 is 10.8 Å². The Kier molecular flexibility index (Phi) is 6.67. The Morgan fingerprint density at radius 3 is 2.33 bits per heavy atom. The maximum Gasteiger partial charge on any atom is 0.0470 e. The Morgan fingerprint density at radius 2 is 2.00 bits per heavy atom. The predicted molar refractivity (Wildman–Crippen MR) is 55.9 cm³/mol. The Bertz CT molecular complexity index is 138. The molecule has 0 bridgehead atoms. The molecule has 1 N–H and O–H groups in total. The molecule has 3 unspecified atom stereocenters. The Hall–Kier alpha value is 0.110. The van der Waals surface area contributed by atoms with E-state index in [1.165, 1.54) is 0 Å². The van der Waals surface area contributed by atoms with Crippen molar-refractivity contribution in [2.75, 3.05) is 12.8 Å². The summed E-state index contributed by atoms with van der Waals surface area (Å²) in [6.07, 6.45) is 3.97. The monoisotopic (exact) mass is 191 g/mol. The van der Waals surface area contributed by atoms with Gasteiger partial charge in [-0.3, -0.25) is 4.21 Å². The van der Waals surface area contributed by atoms with E-state index in [4.69, 9.17) is 0 Å². The fourth-order valence-electron chi connectivity index (χ4n) is 1.20. The maximum atomic E-state index is 11.2. The lowest BCUT2D eigenvalue weighted by Gasteiger charge is -2.21. The molecule has 0 saturated heterocycles. The molecule has 3 heteroatoms. The lowest BCUT2D eigenvalue weighted by molar-refractivity contribution is 0.487. The normalized spacial score (nSPS) is 18.7. The van der Waals surface area contributed by atoms with Crippen LogP contribution in [0.2, 0.25) is 0 Å². The molecule has 0 rings (SSSR count). The molecule has 0 fully saturated rings. The standard InChI is InChI=1S/C9H21NOS/c1-5-7-10-9(6-2)8(3)12(4)11/h8-10H,5-7H2,1-4H3. The van der Waals surface area contributed by atoms with Crippen LogP contribution in [0.5, 0.6) is 0 Å². The highest BCUT2D eigenvalue weighted by molar-refractivity contribution is 7.84. The molecule has 0 aliphatic heterocycles. The van der Waals surface area contributed by atoms with Crippen LogP contribution in [-0.4, -0.2) is 28.3 Å². The minimum Gasteiger partial charge on any atom is -0.313 e. The second-order valence-electron chi connectivity index (χ2n) is 3.17. The summed E-state index contributed by atoms with van der Waals surface area (Å²) in [6, 6.07) is 0.413. The first kappa shape index (κ1) is 12.1. The lowest BCUT2D eigenvalue weighted by atomic mass is 10.1. The Balaban J connectivity index is 3.87. The fourth-order valence-corrected chi connectivity index (χ4v) is 1.95. The average molecular weight is 191 g/mol. The van der Waals surface area contributed by atoms with Crippen molar-refractivity contribution < 1.29 is 4.21 Å². The quantitative estimate of drug-likeness (QED) is 0.690. The third-order valence-corrected chi connectivity index (χ3v) is 3.56. The van der Waals surface area contributed by atoms with Crippen molar-refractivity contribution in [2.45, 2.75) is 44.9 Å². The van der Waals surface area contributed by atoms with Crippen LogP contribution in [0, 0.1) is 0 Å². The van der Waals surface area contributed by atoms with Gasteiger partial charge in [0.05, 0.1) is 0 Å². The van der Waals surface area contributed by atoms with Crippen LogP contribution in [0.3, 0.4) is 0 Å². The number of rotatable bonds is 6. The van der Waals surface area contributed by atoms with E-state index in [1.807, 2.05) is 6.92 Å². The third kappa shape index (κ3) is 4.21. The predicted octanol–water partition coefficient (Wildman–Crippen LogP) is 1.53. The Morgan fingerprint density at radius 1 is 1.42 bits per heavy atom. The SMILES string of the molecule is CCCNC(CC)C(C)S(C)=O. The molecule has 0 heterocycles. The lowest BCUT2D eigenvalue weighted by Crippen LogP contribution is -2.40. The van der Waals surface area contributed by atoms with Gasteiger partial charge < -0.3 is 5.32 Å². The van der Waals surface area contributed by atoms with Gasteiger partial charge in [0.25, 0.3) is 0 Å². The van der Waals surface area contributed by atoms with E-state index in [-0.39, 0.29) is 5.25 Å². The van der Waals surface area contributed by atoms with Gasteiger partial charge in [-0.1, -0.05) is 13.8 Å². The molecule has 0 aliphatic carbocycles. The molecule has 74 valence electrons. The van der Waals surface area contributed by atoms with Crippen LogP contribution in [-0.2, 0) is 10.8 Å². The molecule has 0 aromatic rings. The van der Waals surface area contributed by atoms with Gasteiger partial charge in [0, 0.05) is 28.3 Å². The van der Waals surface area contributed by atoms with Crippen molar-refractivity contribution in [1.29, 1.82) is 0 Å². The highest BCUT2D eigenvalue weighted by Gasteiger charge is 2.16. The molecule has 0 aromatic heterocycles. The summed E-state index contributed by atoms with van der Waals surface area (Å²) in [6.45, 7) is 7.36. The van der Waals surface area contributed by atoms with Gasteiger partial charge in [0.1, 0.15) is 0 Å². The largest absolute Gasteiger partial charge is 0.313 e. The van der Waals surface area contributed by atoms with Gasteiger partial charge in [-0.05, 0) is 26.3 Å². The van der Waals surface area contributed by atoms with Gasteiger partial charge >= 0.3 is 0 Å². The van der Waals surface area contributed by atoms with Crippen molar-refractivity contribution in [3.8, 4) is 0 Å². The summed E-state index contributed by atoms with van der Waals surface area (Å²) in [5.74, 6) is 0. The van der Waals surface area contributed by atoms with Crippen molar-refractivity contribution in [2.24, 2.45) is 0 Å². The summed E-state index contributed by atoms with van der Waals surface area (Å²) in [7, 11) is -0.706. The zero-order chi connectivity index (χ0) is 9.56. The molecule has 0 amide bonds. The molecule has 2 nitrogen and oxygen atoms in total. The van der Waals surface area contributed by atoms with E-state index in [1.54, 1.807) is 6.26 Å². The van der Waals surface area contributed by atoms with E-state index in [9.17, 15) is 4.21 Å². The smallest absolute Gasteiger partial charge is 0.0470 e. The molecule has 0 spiro atoms. The van der Waals surface area contributed by atoms with Crippen LogP contribution in [0.25, 0.3) is 0 Å². The third-order valence-electron chi connectivity index (χ3n) is 2.19. The number of hydrogen-bond donors (Lipinski definition) is 1. The van der Waals surface area contributed by atoms with E-state index in [0.29, 0.717) is 6.04 Å². The van der Waals surface area contributed by atoms with E-state index >= 15 is 0 Å². The van der Waals surface area contributed by atoms with Crippen LogP contribution >= 0.6 is 0 Å². The molecule has 0 radical (unpaired) electrons. The van der Waals surface area contributed by atoms with Gasteiger partial charge in [0.15, 0.2) is 0 Å². The second-order valence-corrected chi connectivity index (χ2v) is 4.91. The molecular weight excluding hydrogens is 170 g/mol. The highest BCUT2D eigenvalue weighted by Crippen LogP contribution is 2.04. The molecule has 0 saturated carbocycles. The van der Waals surface area contributed by atoms with Crippen molar-refractivity contribution in [3.05, 3.63) is 0 Å². The first-order chi connectivity index (χ1) is 5.63. The molecule has 0 aliphatic rings. The Labute approximate surface area is 78.6 Å². The van der Waals surface area contributed by atoms with Crippen molar-refractivity contribution >= 4 is 10.8 Å². The summed E-state index contributed by atoms with van der Waals surface area (Å²) < 4.78 is 11.2. The van der Waals surface area contributed by atoms with Crippen molar-refractivity contribution in [3.63, 3.8) is 0 Å². The van der Waals surface area contributed by atoms with E-state index in [2.05, 4.69) is 19.2 Å². The second kappa shape index (κ2) is 6.61. The first-order valence-electron chi connectivity index (χ1n) is 4.69. The maximum absolute atomic E-state index is 11.2. The zero-order valence-electron chi connectivity index (χ0n) is 8.59. The van der Waals surface area contributed by atoms with Gasteiger partial charge in [-0.2, -0.15) is 0 Å². The summed E-state index contributed by atoms with van der Waals surface area (Å²) in [5.41, 5.74) is 0. The minimum atomic E-state index is -0.706. The summed E-state index contributed by atoms with van der Waals surface area (Å²) in [4.78, 5) is 0. The fraction of sp³-hybridized carbons (Fsp3) is 1.00. The minimum absolute atomic E-state index is 0.265. The number of nitrogens with one attached hydrogen (secondary N) is 1. The summed E-state index contributed by atoms with van der Waals surface area (Å²) in [5, 5.41) is 3.67. The van der Waals surface area contributed by atoms with Crippen LogP contribution in [0.4, 0.5) is 0 Å². The van der Waals surface area contributed by atoms with Crippen LogP contribution in [0.15, 0.2) is 0 Å².